The highest BCUT2D eigenvalue weighted by Gasteiger charge is 2.31. The van der Waals surface area contributed by atoms with E-state index in [4.69, 9.17) is 5.26 Å². The standard InChI is InChI=1S/C24H23F3N6S/c1-33(23-22-21(30-13-31-23)9-19(34-22)10-24(25,26)27)18-4-3-16(8-18)29-12-14-2-5-20-15(6-14)7-17(11-28)32-20/h2,5-7,9,13,16,18,29,32H,3-4,8,10,12H2,1H3/t16-,18+/m0/s1. The van der Waals surface area contributed by atoms with E-state index in [2.05, 4.69) is 43.4 Å². The monoisotopic (exact) mass is 484 g/mol. The second kappa shape index (κ2) is 8.89. The lowest BCUT2D eigenvalue weighted by atomic mass is 10.1. The van der Waals surface area contributed by atoms with E-state index in [-0.39, 0.29) is 10.9 Å². The maximum Gasteiger partial charge on any atom is 0.393 e. The number of alkyl halides is 3. The van der Waals surface area contributed by atoms with Crippen LogP contribution in [0, 0.1) is 11.3 Å². The van der Waals surface area contributed by atoms with Crippen molar-refractivity contribution in [2.75, 3.05) is 11.9 Å². The highest BCUT2D eigenvalue weighted by Crippen LogP contribution is 2.36. The van der Waals surface area contributed by atoms with Gasteiger partial charge < -0.3 is 15.2 Å². The molecule has 4 aromatic rings. The number of H-pyrrole nitrogens is 1. The Morgan fingerprint density at radius 3 is 2.88 bits per heavy atom. The molecule has 1 aromatic carbocycles. The molecule has 3 heterocycles. The average molecular weight is 485 g/mol. The van der Waals surface area contributed by atoms with Gasteiger partial charge in [-0.25, -0.2) is 9.97 Å². The zero-order valence-electron chi connectivity index (χ0n) is 18.5. The molecule has 176 valence electrons. The van der Waals surface area contributed by atoms with Gasteiger partial charge >= 0.3 is 6.18 Å². The minimum atomic E-state index is -4.24. The predicted molar refractivity (Wildman–Crippen MR) is 127 cm³/mol. The number of halogens is 3. The molecule has 0 saturated heterocycles. The van der Waals surface area contributed by atoms with Crippen LogP contribution in [0.3, 0.4) is 0 Å². The molecule has 0 amide bonds. The summed E-state index contributed by atoms with van der Waals surface area (Å²) in [4.78, 5) is 14.0. The van der Waals surface area contributed by atoms with Crippen LogP contribution in [0.25, 0.3) is 21.1 Å². The van der Waals surface area contributed by atoms with E-state index in [0.717, 1.165) is 53.6 Å². The molecule has 34 heavy (non-hydrogen) atoms. The van der Waals surface area contributed by atoms with Crippen molar-refractivity contribution in [2.45, 2.75) is 50.5 Å². The van der Waals surface area contributed by atoms with Crippen molar-refractivity contribution in [3.63, 3.8) is 0 Å². The summed E-state index contributed by atoms with van der Waals surface area (Å²) in [5.74, 6) is 0.695. The molecule has 10 heteroatoms. The van der Waals surface area contributed by atoms with Gasteiger partial charge in [-0.3, -0.25) is 0 Å². The van der Waals surface area contributed by atoms with Crippen molar-refractivity contribution in [1.82, 2.24) is 20.3 Å². The Labute approximate surface area is 198 Å². The van der Waals surface area contributed by atoms with Crippen molar-refractivity contribution in [3.05, 3.63) is 52.8 Å². The summed E-state index contributed by atoms with van der Waals surface area (Å²) >= 11 is 1.13. The molecule has 0 spiro atoms. The Bertz CT molecular complexity index is 1370. The average Bonchev–Trinajstić information content (AvgIpc) is 3.52. The van der Waals surface area contributed by atoms with Crippen LogP contribution in [0.1, 0.15) is 35.4 Å². The third-order valence-corrected chi connectivity index (χ3v) is 7.53. The molecule has 2 atom stereocenters. The van der Waals surface area contributed by atoms with Gasteiger partial charge in [0, 0.05) is 41.5 Å². The van der Waals surface area contributed by atoms with Gasteiger partial charge in [0.25, 0.3) is 0 Å². The van der Waals surface area contributed by atoms with Crippen molar-refractivity contribution < 1.29 is 13.2 Å². The molecule has 0 unspecified atom stereocenters. The molecule has 6 nitrogen and oxygen atoms in total. The van der Waals surface area contributed by atoms with Crippen LogP contribution in [-0.2, 0) is 13.0 Å². The van der Waals surface area contributed by atoms with Gasteiger partial charge in [-0.1, -0.05) is 6.07 Å². The van der Waals surface area contributed by atoms with Gasteiger partial charge in [0.2, 0.25) is 0 Å². The van der Waals surface area contributed by atoms with E-state index in [0.29, 0.717) is 27.8 Å². The van der Waals surface area contributed by atoms with E-state index in [1.807, 2.05) is 19.2 Å². The summed E-state index contributed by atoms with van der Waals surface area (Å²) in [7, 11) is 1.96. The van der Waals surface area contributed by atoms with E-state index >= 15 is 0 Å². The molecule has 1 aliphatic carbocycles. The molecule has 3 aromatic heterocycles. The van der Waals surface area contributed by atoms with Crippen molar-refractivity contribution in [1.29, 1.82) is 5.26 Å². The number of thiophene rings is 1. The smallest absolute Gasteiger partial charge is 0.355 e. The van der Waals surface area contributed by atoms with E-state index < -0.39 is 12.6 Å². The first-order chi connectivity index (χ1) is 16.3. The minimum absolute atomic E-state index is 0.245. The molecule has 1 aliphatic rings. The number of nitrogens with zero attached hydrogens (tertiary/aromatic N) is 4. The Balaban J connectivity index is 1.24. The van der Waals surface area contributed by atoms with Crippen LogP contribution in [0.15, 0.2) is 36.7 Å². The number of anilines is 1. The lowest BCUT2D eigenvalue weighted by molar-refractivity contribution is -0.126. The van der Waals surface area contributed by atoms with Gasteiger partial charge in [-0.05, 0) is 49.1 Å². The molecule has 2 N–H and O–H groups in total. The maximum absolute atomic E-state index is 12.8. The number of aromatic nitrogens is 3. The first-order valence-electron chi connectivity index (χ1n) is 11.1. The zero-order valence-corrected chi connectivity index (χ0v) is 19.3. The van der Waals surface area contributed by atoms with Gasteiger partial charge in [0.05, 0.1) is 16.6 Å². The molecule has 0 radical (unpaired) electrons. The molecule has 1 saturated carbocycles. The highest BCUT2D eigenvalue weighted by atomic mass is 32.1. The summed E-state index contributed by atoms with van der Waals surface area (Å²) < 4.78 is 39.2. The summed E-state index contributed by atoms with van der Waals surface area (Å²) in [6, 6.07) is 12.2. The van der Waals surface area contributed by atoms with Crippen LogP contribution in [0.2, 0.25) is 0 Å². The summed E-state index contributed by atoms with van der Waals surface area (Å²) in [5, 5.41) is 13.7. The number of hydrogen-bond acceptors (Lipinski definition) is 6. The molecule has 1 fully saturated rings. The van der Waals surface area contributed by atoms with E-state index in [1.54, 1.807) is 0 Å². The largest absolute Gasteiger partial charge is 0.393 e. The van der Waals surface area contributed by atoms with Gasteiger partial charge in [0.15, 0.2) is 0 Å². The number of benzene rings is 1. The normalized spacial score (nSPS) is 18.6. The van der Waals surface area contributed by atoms with Crippen LogP contribution in [0.4, 0.5) is 19.0 Å². The zero-order chi connectivity index (χ0) is 23.9. The summed E-state index contributed by atoms with van der Waals surface area (Å²) in [6.45, 7) is 0.730. The van der Waals surface area contributed by atoms with Crippen molar-refractivity contribution in [2.24, 2.45) is 0 Å². The van der Waals surface area contributed by atoms with Crippen molar-refractivity contribution >= 4 is 38.3 Å². The SMILES string of the molecule is CN(c1ncnc2cc(CC(F)(F)F)sc12)[C@@H]1CC[C@H](NCc2ccc3[nH]c(C#N)cc3c2)C1. The molecule has 5 rings (SSSR count). The predicted octanol–water partition coefficient (Wildman–Crippen LogP) is 5.30. The molecule has 0 aliphatic heterocycles. The number of rotatable bonds is 6. The van der Waals surface area contributed by atoms with Crippen LogP contribution < -0.4 is 10.2 Å². The van der Waals surface area contributed by atoms with E-state index in [1.165, 1.54) is 12.4 Å². The summed E-state index contributed by atoms with van der Waals surface area (Å²) in [6.07, 6.45) is -0.848. The van der Waals surface area contributed by atoms with Gasteiger partial charge in [-0.15, -0.1) is 11.3 Å². The second-order valence-corrected chi connectivity index (χ2v) is 9.93. The molecule has 0 bridgehead atoms. The van der Waals surface area contributed by atoms with Crippen LogP contribution in [-0.4, -0.2) is 40.3 Å². The quantitative estimate of drug-likeness (QED) is 0.388. The number of fused-ring (bicyclic) bond motifs is 2. The second-order valence-electron chi connectivity index (χ2n) is 8.79. The Morgan fingerprint density at radius 1 is 1.24 bits per heavy atom. The lowest BCUT2D eigenvalue weighted by Crippen LogP contribution is -2.33. The summed E-state index contributed by atoms with van der Waals surface area (Å²) in [5.41, 5.74) is 3.22. The lowest BCUT2D eigenvalue weighted by Gasteiger charge is -2.26. The fourth-order valence-electron chi connectivity index (χ4n) is 4.71. The van der Waals surface area contributed by atoms with Crippen LogP contribution in [0.5, 0.6) is 0 Å². The van der Waals surface area contributed by atoms with Gasteiger partial charge in [-0.2, -0.15) is 18.4 Å². The minimum Gasteiger partial charge on any atom is -0.355 e. The van der Waals surface area contributed by atoms with Crippen LogP contribution >= 0.6 is 11.3 Å². The highest BCUT2D eigenvalue weighted by molar-refractivity contribution is 7.19. The Hall–Kier alpha value is -3.16. The molecular formula is C24H23F3N6S. The number of nitrogens with one attached hydrogen (secondary N) is 2. The fourth-order valence-corrected chi connectivity index (χ4v) is 5.88. The number of aromatic amines is 1. The number of nitriles is 1. The topological polar surface area (TPSA) is 80.6 Å². The maximum atomic E-state index is 12.8. The fraction of sp³-hybridized carbons (Fsp3) is 0.375. The third-order valence-electron chi connectivity index (χ3n) is 6.41. The first kappa shape index (κ1) is 22.6. The van der Waals surface area contributed by atoms with Gasteiger partial charge in [0.1, 0.15) is 23.9 Å². The Morgan fingerprint density at radius 2 is 2.09 bits per heavy atom. The van der Waals surface area contributed by atoms with Crippen molar-refractivity contribution in [3.8, 4) is 6.07 Å². The van der Waals surface area contributed by atoms with E-state index in [9.17, 15) is 13.2 Å². The Kier molecular flexibility index (Phi) is 5.91. The number of hydrogen-bond donors (Lipinski definition) is 2. The first-order valence-corrected chi connectivity index (χ1v) is 11.9. The molecular weight excluding hydrogens is 461 g/mol. The third kappa shape index (κ3) is 4.72.